The van der Waals surface area contributed by atoms with Gasteiger partial charge < -0.3 is 19.9 Å². The fourth-order valence-corrected chi connectivity index (χ4v) is 2.02. The van der Waals surface area contributed by atoms with E-state index in [4.69, 9.17) is 9.84 Å². The first kappa shape index (κ1) is 21.3. The van der Waals surface area contributed by atoms with E-state index >= 15 is 0 Å². The van der Waals surface area contributed by atoms with E-state index in [0.29, 0.717) is 11.1 Å². The highest BCUT2D eigenvalue weighted by atomic mass is 19.3. The van der Waals surface area contributed by atoms with Crippen molar-refractivity contribution in [3.05, 3.63) is 35.4 Å². The minimum absolute atomic E-state index is 0.0191. The zero-order valence-electron chi connectivity index (χ0n) is 14.5. The van der Waals surface area contributed by atoms with Gasteiger partial charge >= 0.3 is 18.0 Å². The Hall–Kier alpha value is -2.71. The van der Waals surface area contributed by atoms with Crippen LogP contribution in [0.2, 0.25) is 0 Å². The third-order valence-electron chi connectivity index (χ3n) is 3.86. The molecule has 1 aromatic carbocycles. The number of hydrogen-bond donors (Lipinski definition) is 2. The fourth-order valence-electron chi connectivity index (χ4n) is 2.02. The summed E-state index contributed by atoms with van der Waals surface area (Å²) in [6.45, 7) is 2.01. The summed E-state index contributed by atoms with van der Waals surface area (Å²) in [5.41, 5.74) is -1.12. The van der Waals surface area contributed by atoms with Gasteiger partial charge in [0.15, 0.2) is 0 Å². The van der Waals surface area contributed by atoms with E-state index in [1.54, 1.807) is 31.2 Å². The molecule has 2 N–H and O–H groups in total. The lowest BCUT2D eigenvalue weighted by molar-refractivity contribution is -0.158. The second-order valence-electron chi connectivity index (χ2n) is 5.85. The van der Waals surface area contributed by atoms with E-state index < -0.39 is 36.7 Å². The van der Waals surface area contributed by atoms with Gasteiger partial charge in [-0.3, -0.25) is 4.79 Å². The maximum absolute atomic E-state index is 12.8. The highest BCUT2D eigenvalue weighted by molar-refractivity contribution is 5.90. The van der Waals surface area contributed by atoms with Crippen molar-refractivity contribution in [2.45, 2.75) is 33.1 Å². The molecule has 1 rings (SSSR count). The Morgan fingerprint density at radius 2 is 1.88 bits per heavy atom. The van der Waals surface area contributed by atoms with Gasteiger partial charge in [-0.1, -0.05) is 18.2 Å². The number of carboxylic acids is 1. The van der Waals surface area contributed by atoms with Crippen LogP contribution in [0.5, 0.6) is 0 Å². The molecule has 1 unspecified atom stereocenters. The van der Waals surface area contributed by atoms with Crippen molar-refractivity contribution in [3.8, 4) is 0 Å². The van der Waals surface area contributed by atoms with Gasteiger partial charge in [0, 0.05) is 6.54 Å². The molecule has 1 amide bonds. The number of aliphatic carboxylic acids is 1. The molecule has 1 aromatic rings. The molecule has 0 aliphatic carbocycles. The lowest BCUT2D eigenvalue weighted by Gasteiger charge is -2.23. The maximum Gasteiger partial charge on any atom is 0.410 e. The van der Waals surface area contributed by atoms with Crippen LogP contribution in [0.4, 0.5) is 13.6 Å². The van der Waals surface area contributed by atoms with Crippen molar-refractivity contribution < 1.29 is 37.7 Å². The number of rotatable bonds is 9. The molecule has 0 saturated carbocycles. The third-order valence-corrected chi connectivity index (χ3v) is 3.86. The molecule has 0 aliphatic rings. The van der Waals surface area contributed by atoms with E-state index in [-0.39, 0.29) is 19.4 Å². The molecule has 0 saturated heterocycles. The SMILES string of the molecule is Cc1ccccc1C(=O)OCOC(=O)NCCCC(C)(C(=O)O)C(F)F. The van der Waals surface area contributed by atoms with Gasteiger partial charge in [0.2, 0.25) is 6.79 Å². The Bertz CT molecular complexity index is 652. The third kappa shape index (κ3) is 5.98. The molecular formula is C17H21F2NO6. The number of amides is 1. The van der Waals surface area contributed by atoms with Crippen molar-refractivity contribution in [2.24, 2.45) is 5.41 Å². The minimum atomic E-state index is -3.02. The number of alkyl carbamates (subject to hydrolysis) is 1. The number of benzene rings is 1. The van der Waals surface area contributed by atoms with Gasteiger partial charge in [-0.05, 0) is 38.3 Å². The molecule has 0 heterocycles. The van der Waals surface area contributed by atoms with E-state index in [1.165, 1.54) is 0 Å². The summed E-state index contributed by atoms with van der Waals surface area (Å²) in [7, 11) is 0. The summed E-state index contributed by atoms with van der Waals surface area (Å²) >= 11 is 0. The van der Waals surface area contributed by atoms with Crippen LogP contribution in [0.25, 0.3) is 0 Å². The van der Waals surface area contributed by atoms with Gasteiger partial charge in [-0.2, -0.15) is 0 Å². The summed E-state index contributed by atoms with van der Waals surface area (Å²) in [4.78, 5) is 34.1. The number of carboxylic acid groups (broad SMARTS) is 1. The van der Waals surface area contributed by atoms with Crippen LogP contribution in [-0.2, 0) is 14.3 Å². The van der Waals surface area contributed by atoms with Gasteiger partial charge in [0.25, 0.3) is 6.43 Å². The molecule has 0 aromatic heterocycles. The number of alkyl halides is 2. The fraction of sp³-hybridized carbons (Fsp3) is 0.471. The first-order valence-corrected chi connectivity index (χ1v) is 7.83. The van der Waals surface area contributed by atoms with Gasteiger partial charge in [0.1, 0.15) is 5.41 Å². The first-order valence-electron chi connectivity index (χ1n) is 7.83. The molecule has 26 heavy (non-hydrogen) atoms. The van der Waals surface area contributed by atoms with Crippen LogP contribution in [0, 0.1) is 12.3 Å². The molecule has 0 bridgehead atoms. The smallest absolute Gasteiger partial charge is 0.410 e. The molecule has 144 valence electrons. The highest BCUT2D eigenvalue weighted by Crippen LogP contribution is 2.31. The molecule has 7 nitrogen and oxygen atoms in total. The Balaban J connectivity index is 2.28. The normalized spacial score (nSPS) is 13.0. The van der Waals surface area contributed by atoms with Crippen LogP contribution < -0.4 is 5.32 Å². The van der Waals surface area contributed by atoms with Gasteiger partial charge in [-0.25, -0.2) is 18.4 Å². The predicted molar refractivity (Wildman–Crippen MR) is 86.9 cm³/mol. The topological polar surface area (TPSA) is 102 Å². The maximum atomic E-state index is 12.8. The Labute approximate surface area is 149 Å². The summed E-state index contributed by atoms with van der Waals surface area (Å²) in [6, 6.07) is 6.73. The van der Waals surface area contributed by atoms with Crippen LogP contribution in [0.15, 0.2) is 24.3 Å². The predicted octanol–water partition coefficient (Wildman–Crippen LogP) is 2.97. The zero-order valence-corrected chi connectivity index (χ0v) is 14.5. The van der Waals surface area contributed by atoms with Crippen LogP contribution in [0.3, 0.4) is 0 Å². The quantitative estimate of drug-likeness (QED) is 0.392. The zero-order chi connectivity index (χ0) is 19.7. The van der Waals surface area contributed by atoms with Crippen molar-refractivity contribution >= 4 is 18.0 Å². The van der Waals surface area contributed by atoms with Crippen molar-refractivity contribution in [1.29, 1.82) is 0 Å². The van der Waals surface area contributed by atoms with E-state index in [0.717, 1.165) is 6.92 Å². The lowest BCUT2D eigenvalue weighted by atomic mass is 9.86. The van der Waals surface area contributed by atoms with Gasteiger partial charge in [0.05, 0.1) is 5.56 Å². The number of esters is 1. The average Bonchev–Trinajstić information content (AvgIpc) is 2.58. The largest absolute Gasteiger partial charge is 0.481 e. The molecule has 0 aliphatic heterocycles. The molecular weight excluding hydrogens is 352 g/mol. The average molecular weight is 373 g/mol. The highest BCUT2D eigenvalue weighted by Gasteiger charge is 2.42. The van der Waals surface area contributed by atoms with Crippen molar-refractivity contribution in [1.82, 2.24) is 5.32 Å². The molecule has 1 atom stereocenters. The second-order valence-corrected chi connectivity index (χ2v) is 5.85. The number of ether oxygens (including phenoxy) is 2. The summed E-state index contributed by atoms with van der Waals surface area (Å²) < 4.78 is 35.0. The summed E-state index contributed by atoms with van der Waals surface area (Å²) in [5, 5.41) is 11.1. The van der Waals surface area contributed by atoms with Crippen LogP contribution in [-0.4, -0.2) is 42.9 Å². The number of hydrogen-bond acceptors (Lipinski definition) is 5. The molecule has 0 fully saturated rings. The minimum Gasteiger partial charge on any atom is -0.481 e. The number of carbonyl (C=O) groups excluding carboxylic acids is 2. The molecule has 0 spiro atoms. The number of carbonyl (C=O) groups is 3. The number of aryl methyl sites for hydroxylation is 1. The number of halogens is 2. The van der Waals surface area contributed by atoms with E-state index in [2.05, 4.69) is 10.1 Å². The Morgan fingerprint density at radius 3 is 2.46 bits per heavy atom. The standard InChI is InChI=1S/C17H21F2NO6/c1-11-6-3-4-7-12(11)13(21)25-10-26-16(24)20-9-5-8-17(2,14(18)19)15(22)23/h3-4,6-7,14H,5,8-10H2,1-2H3,(H,20,24)(H,22,23). The number of nitrogens with one attached hydrogen (secondary N) is 1. The van der Waals surface area contributed by atoms with Gasteiger partial charge in [-0.15, -0.1) is 0 Å². The van der Waals surface area contributed by atoms with Crippen LogP contribution >= 0.6 is 0 Å². The summed E-state index contributed by atoms with van der Waals surface area (Å²) in [5.74, 6) is -2.25. The molecule has 9 heteroatoms. The molecule has 0 radical (unpaired) electrons. The first-order chi connectivity index (χ1) is 12.2. The van der Waals surface area contributed by atoms with Crippen LogP contribution in [0.1, 0.15) is 35.7 Å². The second kappa shape index (κ2) is 9.69. The van der Waals surface area contributed by atoms with E-state index in [1.807, 2.05) is 0 Å². The monoisotopic (exact) mass is 373 g/mol. The Morgan fingerprint density at radius 1 is 1.23 bits per heavy atom. The van der Waals surface area contributed by atoms with E-state index in [9.17, 15) is 23.2 Å². The Kier molecular flexibility index (Phi) is 7.95. The van der Waals surface area contributed by atoms with Crippen molar-refractivity contribution in [2.75, 3.05) is 13.3 Å². The lowest BCUT2D eigenvalue weighted by Crippen LogP contribution is -2.36. The van der Waals surface area contributed by atoms with Crippen molar-refractivity contribution in [3.63, 3.8) is 0 Å². The summed E-state index contributed by atoms with van der Waals surface area (Å²) in [6.07, 6.45) is -4.22.